The number of hydrogen-bond acceptors (Lipinski definition) is 4. The van der Waals surface area contributed by atoms with Crippen LogP contribution in [0.25, 0.3) is 11.1 Å². The van der Waals surface area contributed by atoms with Crippen LogP contribution in [0.15, 0.2) is 82.6 Å². The molecule has 5 heteroatoms. The normalized spacial score (nSPS) is 16.2. The third-order valence-electron chi connectivity index (χ3n) is 4.02. The molecule has 4 rings (SSSR count). The summed E-state index contributed by atoms with van der Waals surface area (Å²) in [6.07, 6.45) is 0. The fourth-order valence-electron chi connectivity index (χ4n) is 2.86. The number of ether oxygens (including phenoxy) is 1. The van der Waals surface area contributed by atoms with Gasteiger partial charge in [0.25, 0.3) is 0 Å². The van der Waals surface area contributed by atoms with Gasteiger partial charge in [0, 0.05) is 0 Å². The number of benzene rings is 3. The summed E-state index contributed by atoms with van der Waals surface area (Å²) in [7, 11) is -1.59. The first-order valence-corrected chi connectivity index (χ1v) is 8.77. The SMILES string of the molecule is O=C1OC(=O)c2ccccc2S(=O)c2ccccc2-c2ccccc21. The van der Waals surface area contributed by atoms with Gasteiger partial charge >= 0.3 is 11.9 Å². The Morgan fingerprint density at radius 3 is 1.68 bits per heavy atom. The molecular formula is C20H12O4S. The fraction of sp³-hybridized carbons (Fsp3) is 0. The molecule has 0 N–H and O–H groups in total. The van der Waals surface area contributed by atoms with Crippen LogP contribution in [0.1, 0.15) is 20.7 Å². The second kappa shape index (κ2) is 6.11. The number of cyclic esters (lactones) is 2. The van der Waals surface area contributed by atoms with Crippen LogP contribution in [0.3, 0.4) is 0 Å². The van der Waals surface area contributed by atoms with Crippen LogP contribution in [0, 0.1) is 0 Å². The third-order valence-corrected chi connectivity index (χ3v) is 5.53. The van der Waals surface area contributed by atoms with Crippen molar-refractivity contribution in [3.8, 4) is 11.1 Å². The molecule has 0 spiro atoms. The van der Waals surface area contributed by atoms with E-state index in [1.165, 1.54) is 6.07 Å². The Morgan fingerprint density at radius 1 is 0.560 bits per heavy atom. The molecule has 1 atom stereocenters. The molecule has 0 saturated heterocycles. The summed E-state index contributed by atoms with van der Waals surface area (Å²) in [5.41, 5.74) is 1.66. The minimum Gasteiger partial charge on any atom is -0.386 e. The van der Waals surface area contributed by atoms with Crippen molar-refractivity contribution in [1.82, 2.24) is 0 Å². The number of esters is 2. The van der Waals surface area contributed by atoms with Gasteiger partial charge in [-0.2, -0.15) is 0 Å². The maximum absolute atomic E-state index is 13.2. The van der Waals surface area contributed by atoms with Crippen LogP contribution in [-0.2, 0) is 15.5 Å². The Hall–Kier alpha value is -3.05. The van der Waals surface area contributed by atoms with E-state index in [4.69, 9.17) is 4.74 Å². The lowest BCUT2D eigenvalue weighted by Crippen LogP contribution is -2.17. The highest BCUT2D eigenvalue weighted by molar-refractivity contribution is 7.85. The van der Waals surface area contributed by atoms with Crippen LogP contribution >= 0.6 is 0 Å². The monoisotopic (exact) mass is 348 g/mol. The Labute approximate surface area is 146 Å². The van der Waals surface area contributed by atoms with E-state index in [1.807, 2.05) is 12.1 Å². The van der Waals surface area contributed by atoms with Gasteiger partial charge in [-0.15, -0.1) is 0 Å². The van der Waals surface area contributed by atoms with E-state index in [2.05, 4.69) is 0 Å². The predicted molar refractivity (Wildman–Crippen MR) is 92.7 cm³/mol. The van der Waals surface area contributed by atoms with Gasteiger partial charge in [-0.1, -0.05) is 48.5 Å². The standard InChI is InChI=1S/C20H12O4S/c21-19-15-9-2-1-7-13(15)14-8-3-5-11-17(14)25(23)18-12-6-4-10-16(18)20(22)24-19/h1-12H. The van der Waals surface area contributed by atoms with Gasteiger partial charge in [0.05, 0.1) is 31.7 Å². The molecule has 0 saturated carbocycles. The van der Waals surface area contributed by atoms with Crippen LogP contribution < -0.4 is 0 Å². The highest BCUT2D eigenvalue weighted by Crippen LogP contribution is 2.33. The number of fused-ring (bicyclic) bond motifs is 4. The molecule has 25 heavy (non-hydrogen) atoms. The molecule has 1 heterocycles. The van der Waals surface area contributed by atoms with Crippen molar-refractivity contribution in [2.75, 3.05) is 0 Å². The van der Waals surface area contributed by atoms with E-state index < -0.39 is 22.7 Å². The molecule has 3 aromatic rings. The van der Waals surface area contributed by atoms with Crippen molar-refractivity contribution < 1.29 is 18.5 Å². The van der Waals surface area contributed by atoms with E-state index in [0.717, 1.165) is 0 Å². The highest BCUT2D eigenvalue weighted by atomic mass is 32.2. The molecule has 122 valence electrons. The summed E-state index contributed by atoms with van der Waals surface area (Å²) < 4.78 is 18.2. The Morgan fingerprint density at radius 2 is 1.00 bits per heavy atom. The molecule has 1 aliphatic rings. The van der Waals surface area contributed by atoms with Crippen molar-refractivity contribution in [3.05, 3.63) is 83.9 Å². The van der Waals surface area contributed by atoms with Crippen LogP contribution in [0.5, 0.6) is 0 Å². The minimum absolute atomic E-state index is 0.128. The Bertz CT molecular complexity index is 1040. The molecule has 4 nitrogen and oxygen atoms in total. The predicted octanol–water partition coefficient (Wildman–Crippen LogP) is 3.83. The van der Waals surface area contributed by atoms with Crippen molar-refractivity contribution in [3.63, 3.8) is 0 Å². The van der Waals surface area contributed by atoms with Gasteiger partial charge in [-0.25, -0.2) is 13.8 Å². The van der Waals surface area contributed by atoms with Gasteiger partial charge in [-0.05, 0) is 35.4 Å². The molecule has 0 aliphatic carbocycles. The molecule has 1 aliphatic heterocycles. The molecule has 0 amide bonds. The lowest BCUT2D eigenvalue weighted by molar-refractivity contribution is 0.0395. The van der Waals surface area contributed by atoms with Crippen LogP contribution in [0.4, 0.5) is 0 Å². The largest absolute Gasteiger partial charge is 0.386 e. The lowest BCUT2D eigenvalue weighted by Gasteiger charge is -2.16. The molecule has 0 aromatic heterocycles. The maximum Gasteiger partial charge on any atom is 0.347 e. The van der Waals surface area contributed by atoms with Crippen molar-refractivity contribution in [2.45, 2.75) is 9.79 Å². The van der Waals surface area contributed by atoms with Gasteiger partial charge in [-0.3, -0.25) is 0 Å². The fourth-order valence-corrected chi connectivity index (χ4v) is 4.23. The van der Waals surface area contributed by atoms with E-state index in [0.29, 0.717) is 20.9 Å². The van der Waals surface area contributed by atoms with E-state index in [9.17, 15) is 13.8 Å². The van der Waals surface area contributed by atoms with Gasteiger partial charge in [0.15, 0.2) is 0 Å². The molecule has 0 bridgehead atoms. The Balaban J connectivity index is 2.07. The van der Waals surface area contributed by atoms with Crippen molar-refractivity contribution in [2.24, 2.45) is 0 Å². The zero-order valence-corrected chi connectivity index (χ0v) is 13.8. The average molecular weight is 348 g/mol. The quantitative estimate of drug-likeness (QED) is 0.458. The van der Waals surface area contributed by atoms with Crippen LogP contribution in [-0.4, -0.2) is 16.1 Å². The average Bonchev–Trinajstić information content (AvgIpc) is 2.66. The van der Waals surface area contributed by atoms with E-state index in [1.54, 1.807) is 54.6 Å². The molecule has 3 aromatic carbocycles. The zero-order valence-electron chi connectivity index (χ0n) is 13.0. The lowest BCUT2D eigenvalue weighted by atomic mass is 9.99. The summed E-state index contributed by atoms with van der Waals surface area (Å²) in [6.45, 7) is 0. The van der Waals surface area contributed by atoms with Crippen molar-refractivity contribution >= 4 is 22.7 Å². The summed E-state index contributed by atoms with van der Waals surface area (Å²) in [4.78, 5) is 25.8. The first kappa shape index (κ1) is 15.5. The second-order valence-corrected chi connectivity index (χ2v) is 6.90. The molecular weight excluding hydrogens is 336 g/mol. The van der Waals surface area contributed by atoms with Gasteiger partial charge in [0.2, 0.25) is 0 Å². The Kier molecular flexibility index (Phi) is 3.78. The summed E-state index contributed by atoms with van der Waals surface area (Å²) in [6, 6.07) is 20.5. The minimum atomic E-state index is -1.59. The smallest absolute Gasteiger partial charge is 0.347 e. The highest BCUT2D eigenvalue weighted by Gasteiger charge is 2.26. The van der Waals surface area contributed by atoms with Gasteiger partial charge in [0.1, 0.15) is 0 Å². The summed E-state index contributed by atoms with van der Waals surface area (Å²) >= 11 is 0. The van der Waals surface area contributed by atoms with E-state index in [-0.39, 0.29) is 11.1 Å². The van der Waals surface area contributed by atoms with Crippen LogP contribution in [0.2, 0.25) is 0 Å². The number of carbonyl (C=O) groups excluding carboxylic acids is 2. The maximum atomic E-state index is 13.2. The molecule has 1 unspecified atom stereocenters. The first-order chi connectivity index (χ1) is 12.2. The topological polar surface area (TPSA) is 60.4 Å². The molecule has 0 radical (unpaired) electrons. The summed E-state index contributed by atoms with van der Waals surface area (Å²) in [5.74, 6) is -1.53. The van der Waals surface area contributed by atoms with E-state index >= 15 is 0 Å². The summed E-state index contributed by atoms with van der Waals surface area (Å²) in [5, 5.41) is 0. The number of hydrogen-bond donors (Lipinski definition) is 0. The second-order valence-electron chi connectivity index (χ2n) is 5.48. The number of rotatable bonds is 0. The zero-order chi connectivity index (χ0) is 17.4. The third kappa shape index (κ3) is 2.58. The van der Waals surface area contributed by atoms with Crippen molar-refractivity contribution in [1.29, 1.82) is 0 Å². The van der Waals surface area contributed by atoms with Gasteiger partial charge < -0.3 is 4.74 Å². The molecule has 0 fully saturated rings. The first-order valence-electron chi connectivity index (χ1n) is 7.62. The number of carbonyl (C=O) groups is 2.